The smallest absolute Gasteiger partial charge is 0.261 e. The third-order valence-corrected chi connectivity index (χ3v) is 4.74. The Morgan fingerprint density at radius 2 is 1.76 bits per heavy atom. The summed E-state index contributed by atoms with van der Waals surface area (Å²) in [5, 5.41) is 6.49. The lowest BCUT2D eigenvalue weighted by Gasteiger charge is -2.14. The number of halogens is 1. The first-order valence-corrected chi connectivity index (χ1v) is 9.96. The second-order valence-electron chi connectivity index (χ2n) is 6.45. The summed E-state index contributed by atoms with van der Waals surface area (Å²) in [4.78, 5) is 12.7. The molecular weight excluding hydrogens is 404 g/mol. The fourth-order valence-electron chi connectivity index (χ4n) is 2.76. The Hall–Kier alpha value is -2.89. The molecule has 0 aliphatic rings. The van der Waals surface area contributed by atoms with E-state index in [1.165, 1.54) is 5.56 Å². The lowest BCUT2D eigenvalue weighted by atomic mass is 10.1. The normalized spacial score (nSPS) is 10.3. The van der Waals surface area contributed by atoms with Gasteiger partial charge in [0.15, 0.2) is 5.11 Å². The minimum absolute atomic E-state index is 0.194. The van der Waals surface area contributed by atoms with Gasteiger partial charge in [-0.05, 0) is 54.5 Å². The second kappa shape index (κ2) is 10.0. The Morgan fingerprint density at radius 3 is 2.55 bits per heavy atom. The van der Waals surface area contributed by atoms with Crippen LogP contribution in [0.2, 0.25) is 5.02 Å². The molecule has 0 aromatic heterocycles. The van der Waals surface area contributed by atoms with Crippen molar-refractivity contribution in [1.29, 1.82) is 0 Å². The molecule has 0 saturated heterocycles. The van der Waals surface area contributed by atoms with E-state index in [4.69, 9.17) is 28.6 Å². The number of anilines is 1. The molecule has 3 rings (SSSR count). The monoisotopic (exact) mass is 424 g/mol. The van der Waals surface area contributed by atoms with Crippen molar-refractivity contribution in [1.82, 2.24) is 5.32 Å². The van der Waals surface area contributed by atoms with Gasteiger partial charge in [0.2, 0.25) is 0 Å². The number of nitrogens with one attached hydrogen (secondary N) is 2. The van der Waals surface area contributed by atoms with E-state index in [1.54, 1.807) is 30.3 Å². The van der Waals surface area contributed by atoms with E-state index in [2.05, 4.69) is 10.6 Å². The van der Waals surface area contributed by atoms with Gasteiger partial charge in [-0.2, -0.15) is 0 Å². The van der Waals surface area contributed by atoms with E-state index in [9.17, 15) is 4.79 Å². The van der Waals surface area contributed by atoms with Crippen molar-refractivity contribution in [2.45, 2.75) is 13.3 Å². The standard InChI is InChI=1S/C23H21ClN2O2S/c1-16-11-12-18(24)15-20(16)25-23(29)26-22(27)19-9-5-6-10-21(19)28-14-13-17-7-3-2-4-8-17/h2-12,15H,13-14H2,1H3,(H2,25,26,27,29). The molecule has 2 N–H and O–H groups in total. The van der Waals surface area contributed by atoms with Crippen LogP contribution in [0.3, 0.4) is 0 Å². The number of carbonyl (C=O) groups excluding carboxylic acids is 1. The number of amides is 1. The predicted molar refractivity (Wildman–Crippen MR) is 122 cm³/mol. The van der Waals surface area contributed by atoms with Crippen LogP contribution in [-0.2, 0) is 6.42 Å². The summed E-state index contributed by atoms with van der Waals surface area (Å²) in [5.74, 6) is 0.181. The molecule has 0 fully saturated rings. The van der Waals surface area contributed by atoms with Crippen molar-refractivity contribution in [2.75, 3.05) is 11.9 Å². The summed E-state index contributed by atoms with van der Waals surface area (Å²) in [5.41, 5.74) is 3.31. The first-order chi connectivity index (χ1) is 14.0. The van der Waals surface area contributed by atoms with Gasteiger partial charge in [0.1, 0.15) is 5.75 Å². The van der Waals surface area contributed by atoms with Crippen LogP contribution in [0.25, 0.3) is 0 Å². The molecule has 0 aliphatic carbocycles. The Labute approximate surface area is 180 Å². The van der Waals surface area contributed by atoms with Crippen LogP contribution >= 0.6 is 23.8 Å². The molecule has 29 heavy (non-hydrogen) atoms. The number of hydrogen-bond donors (Lipinski definition) is 2. The maximum Gasteiger partial charge on any atom is 0.261 e. The zero-order valence-electron chi connectivity index (χ0n) is 15.9. The van der Waals surface area contributed by atoms with Crippen LogP contribution in [-0.4, -0.2) is 17.6 Å². The van der Waals surface area contributed by atoms with Crippen molar-refractivity contribution in [3.63, 3.8) is 0 Å². The lowest BCUT2D eigenvalue weighted by Crippen LogP contribution is -2.34. The number of para-hydroxylation sites is 1. The molecule has 0 unspecified atom stereocenters. The Balaban J connectivity index is 1.61. The van der Waals surface area contributed by atoms with E-state index in [-0.39, 0.29) is 11.0 Å². The third-order valence-electron chi connectivity index (χ3n) is 4.30. The minimum atomic E-state index is -0.336. The number of aryl methyl sites for hydroxylation is 1. The molecular formula is C23H21ClN2O2S. The summed E-state index contributed by atoms with van der Waals surface area (Å²) in [7, 11) is 0. The summed E-state index contributed by atoms with van der Waals surface area (Å²) >= 11 is 11.3. The number of benzene rings is 3. The summed E-state index contributed by atoms with van der Waals surface area (Å²) in [6, 6.07) is 22.6. The average Bonchev–Trinajstić information content (AvgIpc) is 2.72. The van der Waals surface area contributed by atoms with Crippen LogP contribution in [0.1, 0.15) is 21.5 Å². The van der Waals surface area contributed by atoms with Crippen LogP contribution in [0.5, 0.6) is 5.75 Å². The first-order valence-electron chi connectivity index (χ1n) is 9.17. The van der Waals surface area contributed by atoms with Crippen molar-refractivity contribution in [2.24, 2.45) is 0 Å². The Morgan fingerprint density at radius 1 is 1.03 bits per heavy atom. The molecule has 3 aromatic rings. The van der Waals surface area contributed by atoms with E-state index < -0.39 is 0 Å². The molecule has 0 aliphatic heterocycles. The highest BCUT2D eigenvalue weighted by atomic mass is 35.5. The Kier molecular flexibility index (Phi) is 7.22. The number of ether oxygens (including phenoxy) is 1. The highest BCUT2D eigenvalue weighted by Crippen LogP contribution is 2.21. The number of rotatable bonds is 6. The topological polar surface area (TPSA) is 50.4 Å². The molecule has 0 bridgehead atoms. The van der Waals surface area contributed by atoms with Crippen LogP contribution < -0.4 is 15.4 Å². The van der Waals surface area contributed by atoms with Crippen LogP contribution in [0.4, 0.5) is 5.69 Å². The third kappa shape index (κ3) is 6.04. The zero-order chi connectivity index (χ0) is 20.6. The van der Waals surface area contributed by atoms with Gasteiger partial charge in [0, 0.05) is 17.1 Å². The molecule has 0 radical (unpaired) electrons. The van der Waals surface area contributed by atoms with E-state index in [0.717, 1.165) is 17.7 Å². The minimum Gasteiger partial charge on any atom is -0.492 e. The van der Waals surface area contributed by atoms with Gasteiger partial charge >= 0.3 is 0 Å². The highest BCUT2D eigenvalue weighted by Gasteiger charge is 2.14. The van der Waals surface area contributed by atoms with Gasteiger partial charge in [0.25, 0.3) is 5.91 Å². The molecule has 148 valence electrons. The van der Waals surface area contributed by atoms with Gasteiger partial charge in [0.05, 0.1) is 12.2 Å². The summed E-state index contributed by atoms with van der Waals surface area (Å²) in [6.07, 6.45) is 0.755. The van der Waals surface area contributed by atoms with Gasteiger partial charge in [-0.15, -0.1) is 0 Å². The molecule has 1 amide bonds. The van der Waals surface area contributed by atoms with E-state index in [1.807, 2.05) is 49.4 Å². The molecule has 0 spiro atoms. The van der Waals surface area contributed by atoms with E-state index in [0.29, 0.717) is 22.9 Å². The average molecular weight is 425 g/mol. The molecule has 4 nitrogen and oxygen atoms in total. The predicted octanol–water partition coefficient (Wildman–Crippen LogP) is 5.40. The number of hydrogen-bond acceptors (Lipinski definition) is 3. The van der Waals surface area contributed by atoms with Gasteiger partial charge < -0.3 is 10.1 Å². The molecule has 3 aromatic carbocycles. The molecule has 0 atom stereocenters. The highest BCUT2D eigenvalue weighted by molar-refractivity contribution is 7.80. The SMILES string of the molecule is Cc1ccc(Cl)cc1NC(=S)NC(=O)c1ccccc1OCCc1ccccc1. The van der Waals surface area contributed by atoms with Crippen LogP contribution in [0, 0.1) is 6.92 Å². The summed E-state index contributed by atoms with van der Waals surface area (Å²) in [6.45, 7) is 2.40. The maximum atomic E-state index is 12.7. The first kappa shape index (κ1) is 20.8. The molecule has 6 heteroatoms. The number of thiocarbonyl (C=S) groups is 1. The fourth-order valence-corrected chi connectivity index (χ4v) is 3.13. The van der Waals surface area contributed by atoms with Gasteiger partial charge in [-0.3, -0.25) is 10.1 Å². The number of carbonyl (C=O) groups is 1. The van der Waals surface area contributed by atoms with Crippen molar-refractivity contribution in [3.05, 3.63) is 94.5 Å². The van der Waals surface area contributed by atoms with E-state index >= 15 is 0 Å². The summed E-state index contributed by atoms with van der Waals surface area (Å²) < 4.78 is 5.85. The molecule has 0 saturated carbocycles. The second-order valence-corrected chi connectivity index (χ2v) is 7.29. The van der Waals surface area contributed by atoms with Gasteiger partial charge in [-0.25, -0.2) is 0 Å². The largest absolute Gasteiger partial charge is 0.492 e. The van der Waals surface area contributed by atoms with Crippen molar-refractivity contribution >= 4 is 40.5 Å². The zero-order valence-corrected chi connectivity index (χ0v) is 17.5. The lowest BCUT2D eigenvalue weighted by molar-refractivity contribution is 0.0974. The quantitative estimate of drug-likeness (QED) is 0.520. The van der Waals surface area contributed by atoms with Crippen LogP contribution in [0.15, 0.2) is 72.8 Å². The van der Waals surface area contributed by atoms with Gasteiger partial charge in [-0.1, -0.05) is 60.1 Å². The van der Waals surface area contributed by atoms with Crippen molar-refractivity contribution in [3.8, 4) is 5.75 Å². The Bertz CT molecular complexity index is 1010. The van der Waals surface area contributed by atoms with Crippen molar-refractivity contribution < 1.29 is 9.53 Å². The fraction of sp³-hybridized carbons (Fsp3) is 0.130. The molecule has 0 heterocycles. The maximum absolute atomic E-state index is 12.7.